The van der Waals surface area contributed by atoms with Crippen molar-refractivity contribution in [1.82, 2.24) is 25.2 Å². The van der Waals surface area contributed by atoms with Crippen molar-refractivity contribution in [3.63, 3.8) is 0 Å². The van der Waals surface area contributed by atoms with Crippen molar-refractivity contribution >= 4 is 33.4 Å². The molecule has 0 aliphatic carbocycles. The number of carbonyl (C=O) groups excluding carboxylic acids is 1. The second-order valence-electron chi connectivity index (χ2n) is 6.76. The number of aromatic nitrogens is 5. The molecular formula is C22H18N6O. The number of amides is 1. The van der Waals surface area contributed by atoms with E-state index in [4.69, 9.17) is 0 Å². The summed E-state index contributed by atoms with van der Waals surface area (Å²) >= 11 is 0. The number of anilines is 1. The summed E-state index contributed by atoms with van der Waals surface area (Å²) in [6.45, 7) is 2.99. The second kappa shape index (κ2) is 6.87. The smallest absolute Gasteiger partial charge is 0.255 e. The summed E-state index contributed by atoms with van der Waals surface area (Å²) in [7, 11) is 0. The molecule has 3 aromatic carbocycles. The van der Waals surface area contributed by atoms with Gasteiger partial charge in [0.05, 0.1) is 5.52 Å². The van der Waals surface area contributed by atoms with Crippen LogP contribution in [0.25, 0.3) is 33.2 Å². The summed E-state index contributed by atoms with van der Waals surface area (Å²) in [5, 5.41) is 19.3. The Morgan fingerprint density at radius 2 is 1.79 bits per heavy atom. The minimum Gasteiger partial charge on any atom is -0.341 e. The Labute approximate surface area is 166 Å². The quantitative estimate of drug-likeness (QED) is 0.486. The molecule has 2 aromatic heterocycles. The maximum atomic E-state index is 12.7. The maximum absolute atomic E-state index is 12.7. The van der Waals surface area contributed by atoms with E-state index in [0.29, 0.717) is 11.4 Å². The van der Waals surface area contributed by atoms with Gasteiger partial charge in [0.1, 0.15) is 0 Å². The van der Waals surface area contributed by atoms with Gasteiger partial charge in [-0.2, -0.15) is 5.21 Å². The van der Waals surface area contributed by atoms with Gasteiger partial charge in [0, 0.05) is 39.6 Å². The molecule has 0 unspecified atom stereocenters. The van der Waals surface area contributed by atoms with Crippen molar-refractivity contribution in [1.29, 1.82) is 0 Å². The number of para-hydroxylation sites is 1. The van der Waals surface area contributed by atoms with E-state index in [0.717, 1.165) is 23.3 Å². The van der Waals surface area contributed by atoms with E-state index in [1.807, 2.05) is 18.2 Å². The fourth-order valence-corrected chi connectivity index (χ4v) is 3.73. The first-order chi connectivity index (χ1) is 14.2. The number of aromatic amines is 1. The first-order valence-corrected chi connectivity index (χ1v) is 9.41. The lowest BCUT2D eigenvalue weighted by atomic mass is 10.1. The van der Waals surface area contributed by atoms with Crippen LogP contribution in [0.1, 0.15) is 17.3 Å². The van der Waals surface area contributed by atoms with Crippen molar-refractivity contribution in [3.05, 3.63) is 72.3 Å². The second-order valence-corrected chi connectivity index (χ2v) is 6.76. The van der Waals surface area contributed by atoms with Gasteiger partial charge in [0.15, 0.2) is 0 Å². The summed E-state index contributed by atoms with van der Waals surface area (Å²) < 4.78 is 2.26. The summed E-state index contributed by atoms with van der Waals surface area (Å²) in [5.41, 5.74) is 4.43. The fourth-order valence-electron chi connectivity index (χ4n) is 3.73. The van der Waals surface area contributed by atoms with Gasteiger partial charge in [-0.1, -0.05) is 36.4 Å². The van der Waals surface area contributed by atoms with Crippen molar-refractivity contribution in [3.8, 4) is 11.4 Å². The molecule has 7 nitrogen and oxygen atoms in total. The van der Waals surface area contributed by atoms with Crippen molar-refractivity contribution in [2.75, 3.05) is 5.32 Å². The monoisotopic (exact) mass is 382 g/mol. The number of H-pyrrole nitrogens is 1. The molecule has 2 heterocycles. The average Bonchev–Trinajstić information content (AvgIpc) is 3.40. The molecule has 0 aliphatic rings. The number of nitrogens with one attached hydrogen (secondary N) is 2. The third-order valence-corrected chi connectivity index (χ3v) is 5.10. The van der Waals surface area contributed by atoms with Crippen LogP contribution >= 0.6 is 0 Å². The number of rotatable bonds is 4. The molecule has 142 valence electrons. The van der Waals surface area contributed by atoms with Gasteiger partial charge < -0.3 is 9.88 Å². The number of aryl methyl sites for hydroxylation is 1. The van der Waals surface area contributed by atoms with E-state index in [2.05, 4.69) is 61.7 Å². The minimum absolute atomic E-state index is 0.164. The Morgan fingerprint density at radius 1 is 1.00 bits per heavy atom. The van der Waals surface area contributed by atoms with Crippen LogP contribution in [0.2, 0.25) is 0 Å². The predicted octanol–water partition coefficient (Wildman–Crippen LogP) is 4.25. The van der Waals surface area contributed by atoms with Crippen LogP contribution in [-0.4, -0.2) is 31.1 Å². The molecule has 0 atom stereocenters. The number of benzene rings is 3. The van der Waals surface area contributed by atoms with Gasteiger partial charge in [-0.15, -0.1) is 10.2 Å². The SMILES string of the molecule is CCn1c2ccccc2c2ccc(NC(=O)c3ccc(-c4nn[nH]n4)cc3)cc21. The van der Waals surface area contributed by atoms with Crippen molar-refractivity contribution < 1.29 is 4.79 Å². The maximum Gasteiger partial charge on any atom is 0.255 e. The van der Waals surface area contributed by atoms with Crippen LogP contribution < -0.4 is 5.32 Å². The first kappa shape index (κ1) is 17.1. The molecule has 0 aliphatic heterocycles. The number of hydrogen-bond donors (Lipinski definition) is 2. The standard InChI is InChI=1S/C22H18N6O/c1-2-28-19-6-4-3-5-17(19)18-12-11-16(13-20(18)28)23-22(29)15-9-7-14(8-10-15)21-24-26-27-25-21/h3-13H,2H2,1H3,(H,23,29)(H,24,25,26,27). The number of nitrogens with zero attached hydrogens (tertiary/aromatic N) is 4. The molecule has 2 N–H and O–H groups in total. The zero-order chi connectivity index (χ0) is 19.8. The van der Waals surface area contributed by atoms with Crippen LogP contribution in [0, 0.1) is 0 Å². The van der Waals surface area contributed by atoms with Gasteiger partial charge >= 0.3 is 0 Å². The first-order valence-electron chi connectivity index (χ1n) is 9.41. The highest BCUT2D eigenvalue weighted by Gasteiger charge is 2.12. The van der Waals surface area contributed by atoms with Gasteiger partial charge in [0.2, 0.25) is 5.82 Å². The molecule has 0 saturated carbocycles. The van der Waals surface area contributed by atoms with E-state index in [-0.39, 0.29) is 5.91 Å². The van der Waals surface area contributed by atoms with Crippen LogP contribution in [0.3, 0.4) is 0 Å². The zero-order valence-corrected chi connectivity index (χ0v) is 15.8. The van der Waals surface area contributed by atoms with E-state index in [1.165, 1.54) is 16.3 Å². The highest BCUT2D eigenvalue weighted by Crippen LogP contribution is 2.31. The summed E-state index contributed by atoms with van der Waals surface area (Å²) in [6, 6.07) is 21.5. The minimum atomic E-state index is -0.164. The van der Waals surface area contributed by atoms with E-state index >= 15 is 0 Å². The third-order valence-electron chi connectivity index (χ3n) is 5.10. The predicted molar refractivity (Wildman–Crippen MR) is 113 cm³/mol. The molecular weight excluding hydrogens is 364 g/mol. The number of hydrogen-bond acceptors (Lipinski definition) is 4. The molecule has 7 heteroatoms. The van der Waals surface area contributed by atoms with Crippen molar-refractivity contribution in [2.45, 2.75) is 13.5 Å². The van der Waals surface area contributed by atoms with Gasteiger partial charge in [-0.25, -0.2) is 0 Å². The van der Waals surface area contributed by atoms with Crippen LogP contribution in [-0.2, 0) is 6.54 Å². The zero-order valence-electron chi connectivity index (χ0n) is 15.8. The highest BCUT2D eigenvalue weighted by molar-refractivity contribution is 6.10. The molecule has 0 saturated heterocycles. The van der Waals surface area contributed by atoms with Gasteiger partial charge in [0.25, 0.3) is 5.91 Å². The van der Waals surface area contributed by atoms with Gasteiger partial charge in [-0.3, -0.25) is 4.79 Å². The largest absolute Gasteiger partial charge is 0.341 e. The molecule has 0 spiro atoms. The van der Waals surface area contributed by atoms with Crippen LogP contribution in [0.15, 0.2) is 66.7 Å². The van der Waals surface area contributed by atoms with Crippen LogP contribution in [0.4, 0.5) is 5.69 Å². The molecule has 0 radical (unpaired) electrons. The summed E-state index contributed by atoms with van der Waals surface area (Å²) in [4.78, 5) is 12.7. The Morgan fingerprint density at radius 3 is 2.55 bits per heavy atom. The summed E-state index contributed by atoms with van der Waals surface area (Å²) in [6.07, 6.45) is 0. The molecule has 1 amide bonds. The Balaban J connectivity index is 1.45. The highest BCUT2D eigenvalue weighted by atomic mass is 16.1. The lowest BCUT2D eigenvalue weighted by Crippen LogP contribution is -2.11. The normalized spacial score (nSPS) is 11.2. The molecule has 5 rings (SSSR count). The molecule has 29 heavy (non-hydrogen) atoms. The summed E-state index contributed by atoms with van der Waals surface area (Å²) in [5.74, 6) is 0.331. The number of carbonyl (C=O) groups is 1. The number of fused-ring (bicyclic) bond motifs is 3. The average molecular weight is 382 g/mol. The number of tetrazole rings is 1. The Bertz CT molecular complexity index is 1320. The molecule has 5 aromatic rings. The fraction of sp³-hybridized carbons (Fsp3) is 0.0909. The van der Waals surface area contributed by atoms with Crippen molar-refractivity contribution in [2.24, 2.45) is 0 Å². The molecule has 0 bridgehead atoms. The lowest BCUT2D eigenvalue weighted by Gasteiger charge is -2.08. The lowest BCUT2D eigenvalue weighted by molar-refractivity contribution is 0.102. The Kier molecular flexibility index (Phi) is 4.05. The molecule has 0 fully saturated rings. The van der Waals surface area contributed by atoms with E-state index < -0.39 is 0 Å². The van der Waals surface area contributed by atoms with Crippen LogP contribution in [0.5, 0.6) is 0 Å². The van der Waals surface area contributed by atoms with E-state index in [9.17, 15) is 4.79 Å². The topological polar surface area (TPSA) is 88.5 Å². The van der Waals surface area contributed by atoms with E-state index in [1.54, 1.807) is 24.3 Å². The van der Waals surface area contributed by atoms with Gasteiger partial charge in [-0.05, 0) is 42.5 Å². The third kappa shape index (κ3) is 2.93. The Hall–Kier alpha value is -4.00.